The minimum Gasteiger partial charge on any atom is -0.448 e. The number of aryl methyl sites for hydroxylation is 2. The van der Waals surface area contributed by atoms with Crippen LogP contribution in [0.2, 0.25) is 5.22 Å². The van der Waals surface area contributed by atoms with E-state index in [0.717, 1.165) is 12.3 Å². The van der Waals surface area contributed by atoms with Crippen molar-refractivity contribution in [3.8, 4) is 0 Å². The van der Waals surface area contributed by atoms with Crippen LogP contribution in [0.5, 0.6) is 0 Å². The van der Waals surface area contributed by atoms with Crippen molar-refractivity contribution in [1.29, 1.82) is 0 Å². The first-order valence-corrected chi connectivity index (χ1v) is 7.26. The van der Waals surface area contributed by atoms with E-state index in [-0.39, 0.29) is 6.04 Å². The van der Waals surface area contributed by atoms with Gasteiger partial charge in [-0.3, -0.25) is 0 Å². The molecule has 0 bridgehead atoms. The fourth-order valence-corrected chi connectivity index (χ4v) is 2.99. The van der Waals surface area contributed by atoms with Gasteiger partial charge in [-0.05, 0) is 66.2 Å². The van der Waals surface area contributed by atoms with E-state index >= 15 is 0 Å². The molecular weight excluding hydrogens is 258 g/mol. The molecule has 0 saturated carbocycles. The highest BCUT2D eigenvalue weighted by Gasteiger charge is 2.19. The first kappa shape index (κ1) is 12.8. The standard InChI is InChI=1S/C16H18ClNO/c1-2-18-16(14-8-9-15(17)19-14)13-7-6-11-4-3-5-12(11)10-13/h6-10,16,18H,2-5H2,1H3. The van der Waals surface area contributed by atoms with Crippen LogP contribution in [0.4, 0.5) is 0 Å². The Bertz CT molecular complexity index is 576. The molecule has 1 aromatic heterocycles. The molecule has 0 fully saturated rings. The Balaban J connectivity index is 1.95. The monoisotopic (exact) mass is 275 g/mol. The Morgan fingerprint density at radius 1 is 1.21 bits per heavy atom. The van der Waals surface area contributed by atoms with Crippen LogP contribution in [0.15, 0.2) is 34.7 Å². The van der Waals surface area contributed by atoms with Crippen LogP contribution in [-0.2, 0) is 12.8 Å². The summed E-state index contributed by atoms with van der Waals surface area (Å²) in [6.45, 7) is 2.99. The van der Waals surface area contributed by atoms with Gasteiger partial charge in [0, 0.05) is 0 Å². The zero-order valence-corrected chi connectivity index (χ0v) is 11.8. The topological polar surface area (TPSA) is 25.2 Å². The van der Waals surface area contributed by atoms with Crippen molar-refractivity contribution in [3.63, 3.8) is 0 Å². The van der Waals surface area contributed by atoms with Crippen LogP contribution in [0.1, 0.15) is 41.8 Å². The lowest BCUT2D eigenvalue weighted by molar-refractivity contribution is 0.453. The molecule has 3 rings (SSSR count). The Kier molecular flexibility index (Phi) is 3.63. The molecule has 3 heteroatoms. The summed E-state index contributed by atoms with van der Waals surface area (Å²) in [5.41, 5.74) is 4.24. The summed E-state index contributed by atoms with van der Waals surface area (Å²) in [5.74, 6) is 0.879. The second-order valence-electron chi connectivity index (χ2n) is 5.01. The van der Waals surface area contributed by atoms with Gasteiger partial charge in [0.05, 0.1) is 6.04 Å². The van der Waals surface area contributed by atoms with E-state index in [1.807, 2.05) is 6.07 Å². The van der Waals surface area contributed by atoms with Gasteiger partial charge in [-0.1, -0.05) is 25.1 Å². The molecule has 1 unspecified atom stereocenters. The maximum absolute atomic E-state index is 5.89. The maximum Gasteiger partial charge on any atom is 0.193 e. The third-order valence-corrected chi connectivity index (χ3v) is 3.95. The number of benzene rings is 1. The second kappa shape index (κ2) is 5.40. The van der Waals surface area contributed by atoms with Crippen LogP contribution in [0, 0.1) is 0 Å². The van der Waals surface area contributed by atoms with Crippen LogP contribution < -0.4 is 5.32 Å². The van der Waals surface area contributed by atoms with Gasteiger partial charge in [-0.25, -0.2) is 0 Å². The highest BCUT2D eigenvalue weighted by atomic mass is 35.5. The molecular formula is C16H18ClNO. The minimum absolute atomic E-state index is 0.0865. The van der Waals surface area contributed by atoms with Gasteiger partial charge >= 0.3 is 0 Å². The number of nitrogens with one attached hydrogen (secondary N) is 1. The van der Waals surface area contributed by atoms with E-state index in [1.165, 1.54) is 36.0 Å². The summed E-state index contributed by atoms with van der Waals surface area (Å²) in [5, 5.41) is 3.91. The summed E-state index contributed by atoms with van der Waals surface area (Å²) in [6, 6.07) is 10.6. The van der Waals surface area contributed by atoms with E-state index < -0.39 is 0 Å². The summed E-state index contributed by atoms with van der Waals surface area (Å²) >= 11 is 5.89. The van der Waals surface area contributed by atoms with E-state index in [1.54, 1.807) is 6.07 Å². The average Bonchev–Trinajstić information content (AvgIpc) is 3.03. The smallest absolute Gasteiger partial charge is 0.193 e. The summed E-state index contributed by atoms with van der Waals surface area (Å²) in [4.78, 5) is 0. The fraction of sp³-hybridized carbons (Fsp3) is 0.375. The Morgan fingerprint density at radius 2 is 2.05 bits per heavy atom. The zero-order valence-electron chi connectivity index (χ0n) is 11.1. The highest BCUT2D eigenvalue weighted by molar-refractivity contribution is 6.28. The van der Waals surface area contributed by atoms with Crippen molar-refractivity contribution in [2.75, 3.05) is 6.54 Å². The summed E-state index contributed by atoms with van der Waals surface area (Å²) in [6.07, 6.45) is 3.69. The lowest BCUT2D eigenvalue weighted by Crippen LogP contribution is -2.21. The van der Waals surface area contributed by atoms with Crippen molar-refractivity contribution in [2.24, 2.45) is 0 Å². The number of furan rings is 1. The molecule has 1 aromatic carbocycles. The van der Waals surface area contributed by atoms with Crippen molar-refractivity contribution in [3.05, 3.63) is 58.0 Å². The molecule has 2 aromatic rings. The van der Waals surface area contributed by atoms with E-state index in [4.69, 9.17) is 16.0 Å². The average molecular weight is 276 g/mol. The number of hydrogen-bond acceptors (Lipinski definition) is 2. The van der Waals surface area contributed by atoms with Crippen LogP contribution in [0.3, 0.4) is 0 Å². The van der Waals surface area contributed by atoms with Gasteiger partial charge in [0.2, 0.25) is 0 Å². The predicted octanol–water partition coefficient (Wildman–Crippen LogP) is 4.12. The van der Waals surface area contributed by atoms with Crippen molar-refractivity contribution >= 4 is 11.6 Å². The summed E-state index contributed by atoms with van der Waals surface area (Å²) < 4.78 is 5.57. The highest BCUT2D eigenvalue weighted by Crippen LogP contribution is 2.30. The first-order chi connectivity index (χ1) is 9.28. The molecule has 0 spiro atoms. The normalized spacial score (nSPS) is 15.5. The van der Waals surface area contributed by atoms with Gasteiger partial charge < -0.3 is 9.73 Å². The van der Waals surface area contributed by atoms with Crippen LogP contribution in [0.25, 0.3) is 0 Å². The van der Waals surface area contributed by atoms with Gasteiger partial charge in [-0.2, -0.15) is 0 Å². The Labute approximate surface area is 118 Å². The minimum atomic E-state index is 0.0865. The molecule has 0 aliphatic heterocycles. The van der Waals surface area contributed by atoms with Crippen LogP contribution >= 0.6 is 11.6 Å². The van der Waals surface area contributed by atoms with Crippen LogP contribution in [-0.4, -0.2) is 6.54 Å². The quantitative estimate of drug-likeness (QED) is 0.908. The molecule has 2 nitrogen and oxygen atoms in total. The zero-order chi connectivity index (χ0) is 13.2. The van der Waals surface area contributed by atoms with Crippen molar-refractivity contribution < 1.29 is 4.42 Å². The van der Waals surface area contributed by atoms with Gasteiger partial charge in [0.25, 0.3) is 0 Å². The Hall–Kier alpha value is -1.25. The molecule has 19 heavy (non-hydrogen) atoms. The first-order valence-electron chi connectivity index (χ1n) is 6.88. The molecule has 0 amide bonds. The van der Waals surface area contributed by atoms with Gasteiger partial charge in [0.15, 0.2) is 5.22 Å². The molecule has 1 aliphatic carbocycles. The van der Waals surface area contributed by atoms with E-state index in [9.17, 15) is 0 Å². The van der Waals surface area contributed by atoms with Crippen molar-refractivity contribution in [2.45, 2.75) is 32.2 Å². The predicted molar refractivity (Wildman–Crippen MR) is 77.7 cm³/mol. The molecule has 100 valence electrons. The van der Waals surface area contributed by atoms with Crippen molar-refractivity contribution in [1.82, 2.24) is 5.32 Å². The molecule has 0 radical (unpaired) electrons. The maximum atomic E-state index is 5.89. The third kappa shape index (κ3) is 2.56. The second-order valence-corrected chi connectivity index (χ2v) is 5.39. The summed E-state index contributed by atoms with van der Waals surface area (Å²) in [7, 11) is 0. The van der Waals surface area contributed by atoms with Gasteiger partial charge in [-0.15, -0.1) is 0 Å². The lowest BCUT2D eigenvalue weighted by Gasteiger charge is -2.17. The largest absolute Gasteiger partial charge is 0.448 e. The lowest BCUT2D eigenvalue weighted by atomic mass is 9.99. The molecule has 1 heterocycles. The van der Waals surface area contributed by atoms with E-state index in [0.29, 0.717) is 5.22 Å². The number of fused-ring (bicyclic) bond motifs is 1. The fourth-order valence-electron chi connectivity index (χ4n) is 2.84. The number of halogens is 1. The molecule has 1 N–H and O–H groups in total. The third-order valence-electron chi connectivity index (χ3n) is 3.74. The molecule has 1 atom stereocenters. The SMILES string of the molecule is CCNC(c1ccc2c(c1)CCC2)c1ccc(Cl)o1. The number of rotatable bonds is 4. The Morgan fingerprint density at radius 3 is 2.79 bits per heavy atom. The molecule has 1 aliphatic rings. The molecule has 0 saturated heterocycles. The van der Waals surface area contributed by atoms with E-state index in [2.05, 4.69) is 30.4 Å². The van der Waals surface area contributed by atoms with Gasteiger partial charge in [0.1, 0.15) is 5.76 Å². The number of hydrogen-bond donors (Lipinski definition) is 1.